The number of sulfone groups is 1. The third-order valence-corrected chi connectivity index (χ3v) is 4.69. The Bertz CT molecular complexity index is 594. The number of hydrogen-bond donors (Lipinski definition) is 2. The fourth-order valence-corrected chi connectivity index (χ4v) is 3.66. The van der Waals surface area contributed by atoms with E-state index in [9.17, 15) is 13.2 Å². The van der Waals surface area contributed by atoms with Crippen molar-refractivity contribution >= 4 is 32.3 Å². The maximum Gasteiger partial charge on any atom is 0.321 e. The molecule has 0 radical (unpaired) electrons. The molecule has 0 saturated carbocycles. The molecule has 0 unspecified atom stereocenters. The van der Waals surface area contributed by atoms with E-state index in [0.29, 0.717) is 5.13 Å². The van der Waals surface area contributed by atoms with Gasteiger partial charge < -0.3 is 5.32 Å². The standard InChI is InChI=1S/C10H14N4O3S2/c1-2-3-8-13-14-10(18-8)12-9(15)11-7-4-5-19(16,17)6-7/h4-5,7H,2-3,6H2,1H3,(H2,11,12,14,15)/t7-/m0/s1. The van der Waals surface area contributed by atoms with Crippen LogP contribution in [0, 0.1) is 0 Å². The molecule has 0 aliphatic carbocycles. The Balaban J connectivity index is 1.86. The van der Waals surface area contributed by atoms with E-state index in [4.69, 9.17) is 0 Å². The number of nitrogens with zero attached hydrogens (tertiary/aromatic N) is 2. The van der Waals surface area contributed by atoms with Crippen LogP contribution in [-0.4, -0.2) is 36.4 Å². The number of aryl methyl sites for hydroxylation is 1. The second kappa shape index (κ2) is 5.66. The van der Waals surface area contributed by atoms with Crippen molar-refractivity contribution in [2.45, 2.75) is 25.8 Å². The number of hydrogen-bond acceptors (Lipinski definition) is 6. The summed E-state index contributed by atoms with van der Waals surface area (Å²) in [7, 11) is -3.17. The van der Waals surface area contributed by atoms with Crippen LogP contribution >= 0.6 is 11.3 Å². The quantitative estimate of drug-likeness (QED) is 0.861. The molecule has 2 heterocycles. The molecule has 2 rings (SSSR count). The Morgan fingerprint density at radius 1 is 1.53 bits per heavy atom. The molecule has 1 atom stereocenters. The molecular formula is C10H14N4O3S2. The van der Waals surface area contributed by atoms with Gasteiger partial charge in [0, 0.05) is 11.8 Å². The highest BCUT2D eigenvalue weighted by Gasteiger charge is 2.23. The molecule has 104 valence electrons. The van der Waals surface area contributed by atoms with Crippen molar-refractivity contribution < 1.29 is 13.2 Å². The van der Waals surface area contributed by atoms with E-state index in [0.717, 1.165) is 23.3 Å². The van der Waals surface area contributed by atoms with Gasteiger partial charge in [0.25, 0.3) is 0 Å². The van der Waals surface area contributed by atoms with E-state index in [2.05, 4.69) is 20.8 Å². The Kier molecular flexibility index (Phi) is 4.15. The van der Waals surface area contributed by atoms with Gasteiger partial charge >= 0.3 is 6.03 Å². The number of aromatic nitrogens is 2. The van der Waals surface area contributed by atoms with Crippen molar-refractivity contribution in [3.63, 3.8) is 0 Å². The largest absolute Gasteiger partial charge is 0.331 e. The smallest absolute Gasteiger partial charge is 0.321 e. The van der Waals surface area contributed by atoms with Crippen molar-refractivity contribution in [3.8, 4) is 0 Å². The number of amides is 2. The molecule has 0 fully saturated rings. The summed E-state index contributed by atoms with van der Waals surface area (Å²) < 4.78 is 22.4. The maximum absolute atomic E-state index is 11.6. The summed E-state index contributed by atoms with van der Waals surface area (Å²) in [5.41, 5.74) is 0. The molecule has 1 aromatic heterocycles. The number of nitrogens with one attached hydrogen (secondary N) is 2. The third-order valence-electron chi connectivity index (χ3n) is 2.40. The average molecular weight is 302 g/mol. The summed E-state index contributed by atoms with van der Waals surface area (Å²) in [6.07, 6.45) is 3.24. The summed E-state index contributed by atoms with van der Waals surface area (Å²) in [6.45, 7) is 2.04. The van der Waals surface area contributed by atoms with Crippen molar-refractivity contribution in [1.29, 1.82) is 0 Å². The lowest BCUT2D eigenvalue weighted by molar-refractivity contribution is 0.251. The Labute approximate surface area is 115 Å². The molecule has 0 spiro atoms. The fraction of sp³-hybridized carbons (Fsp3) is 0.500. The first kappa shape index (κ1) is 13.9. The van der Waals surface area contributed by atoms with Gasteiger partial charge in [0.15, 0.2) is 9.84 Å². The lowest BCUT2D eigenvalue weighted by Crippen LogP contribution is -2.38. The Morgan fingerprint density at radius 3 is 2.95 bits per heavy atom. The summed E-state index contributed by atoms with van der Waals surface area (Å²) in [5, 5.41) is 15.2. The molecule has 0 saturated heterocycles. The molecule has 1 aromatic rings. The summed E-state index contributed by atoms with van der Waals surface area (Å²) >= 11 is 1.31. The van der Waals surface area contributed by atoms with Crippen molar-refractivity contribution in [1.82, 2.24) is 15.5 Å². The monoisotopic (exact) mass is 302 g/mol. The molecule has 9 heteroatoms. The van der Waals surface area contributed by atoms with Crippen LogP contribution in [-0.2, 0) is 16.3 Å². The van der Waals surface area contributed by atoms with Gasteiger partial charge in [-0.05, 0) is 12.5 Å². The first-order valence-corrected chi connectivity index (χ1v) is 8.32. The van der Waals surface area contributed by atoms with Crippen molar-refractivity contribution in [2.75, 3.05) is 11.1 Å². The summed E-state index contributed by atoms with van der Waals surface area (Å²) in [5.74, 6) is -0.0996. The minimum Gasteiger partial charge on any atom is -0.331 e. The number of rotatable bonds is 4. The fourth-order valence-electron chi connectivity index (χ4n) is 1.59. The topological polar surface area (TPSA) is 101 Å². The minimum atomic E-state index is -3.17. The molecule has 0 aromatic carbocycles. The number of carbonyl (C=O) groups is 1. The van der Waals surface area contributed by atoms with Gasteiger partial charge in [0.2, 0.25) is 5.13 Å². The maximum atomic E-state index is 11.6. The van der Waals surface area contributed by atoms with Gasteiger partial charge in [0.05, 0.1) is 11.8 Å². The van der Waals surface area contributed by atoms with Gasteiger partial charge in [-0.3, -0.25) is 5.32 Å². The average Bonchev–Trinajstić information content (AvgIpc) is 2.86. The van der Waals surface area contributed by atoms with Gasteiger partial charge in [-0.2, -0.15) is 0 Å². The zero-order chi connectivity index (χ0) is 13.9. The lowest BCUT2D eigenvalue weighted by Gasteiger charge is -2.09. The first-order valence-electron chi connectivity index (χ1n) is 5.79. The van der Waals surface area contributed by atoms with Crippen molar-refractivity contribution in [2.24, 2.45) is 0 Å². The lowest BCUT2D eigenvalue weighted by atomic mass is 10.3. The van der Waals surface area contributed by atoms with Crippen LogP contribution in [0.2, 0.25) is 0 Å². The highest BCUT2D eigenvalue weighted by molar-refractivity contribution is 7.94. The van der Waals surface area contributed by atoms with Crippen LogP contribution in [0.25, 0.3) is 0 Å². The second-order valence-electron chi connectivity index (χ2n) is 4.11. The molecular weight excluding hydrogens is 288 g/mol. The third kappa shape index (κ3) is 4.00. The van der Waals surface area contributed by atoms with Crippen molar-refractivity contribution in [3.05, 3.63) is 16.5 Å². The Morgan fingerprint density at radius 2 is 2.32 bits per heavy atom. The highest BCUT2D eigenvalue weighted by atomic mass is 32.2. The van der Waals surface area contributed by atoms with Gasteiger partial charge in [-0.25, -0.2) is 13.2 Å². The van der Waals surface area contributed by atoms with Gasteiger partial charge in [-0.1, -0.05) is 18.3 Å². The van der Waals surface area contributed by atoms with E-state index in [1.54, 1.807) is 0 Å². The molecule has 19 heavy (non-hydrogen) atoms. The Hall–Kier alpha value is -1.48. The predicted molar refractivity (Wildman–Crippen MR) is 72.8 cm³/mol. The zero-order valence-corrected chi connectivity index (χ0v) is 11.9. The molecule has 2 amide bonds. The van der Waals surface area contributed by atoms with Gasteiger partial charge in [-0.15, -0.1) is 10.2 Å². The first-order chi connectivity index (χ1) is 8.98. The molecule has 2 N–H and O–H groups in total. The molecule has 7 nitrogen and oxygen atoms in total. The number of urea groups is 1. The minimum absolute atomic E-state index is 0.0996. The van der Waals surface area contributed by atoms with E-state index in [1.807, 2.05) is 6.92 Å². The van der Waals surface area contributed by atoms with Crippen LogP contribution in [0.4, 0.5) is 9.93 Å². The second-order valence-corrected chi connectivity index (χ2v) is 7.11. The highest BCUT2D eigenvalue weighted by Crippen LogP contribution is 2.16. The van der Waals surface area contributed by atoms with Crippen LogP contribution in [0.5, 0.6) is 0 Å². The van der Waals surface area contributed by atoms with Crippen LogP contribution in [0.1, 0.15) is 18.4 Å². The molecule has 0 bridgehead atoms. The predicted octanol–water partition coefficient (Wildman–Crippen LogP) is 0.923. The summed E-state index contributed by atoms with van der Waals surface area (Å²) in [6, 6.07) is -0.973. The van der Waals surface area contributed by atoms with Crippen LogP contribution < -0.4 is 10.6 Å². The normalized spacial score (nSPS) is 20.4. The number of anilines is 1. The van der Waals surface area contributed by atoms with E-state index in [-0.39, 0.29) is 5.75 Å². The summed E-state index contributed by atoms with van der Waals surface area (Å²) in [4.78, 5) is 11.6. The van der Waals surface area contributed by atoms with Crippen LogP contribution in [0.15, 0.2) is 11.5 Å². The molecule has 1 aliphatic rings. The molecule has 1 aliphatic heterocycles. The van der Waals surface area contributed by atoms with E-state index >= 15 is 0 Å². The van der Waals surface area contributed by atoms with E-state index in [1.165, 1.54) is 17.4 Å². The number of carbonyl (C=O) groups excluding carboxylic acids is 1. The zero-order valence-electron chi connectivity index (χ0n) is 10.3. The van der Waals surface area contributed by atoms with Crippen LogP contribution in [0.3, 0.4) is 0 Å². The van der Waals surface area contributed by atoms with E-state index < -0.39 is 21.9 Å². The van der Waals surface area contributed by atoms with Gasteiger partial charge in [0.1, 0.15) is 5.01 Å². The SMILES string of the molecule is CCCc1nnc(NC(=O)N[C@H]2C=CS(=O)(=O)C2)s1.